The van der Waals surface area contributed by atoms with Crippen molar-refractivity contribution < 1.29 is 4.79 Å². The zero-order chi connectivity index (χ0) is 19.9. The van der Waals surface area contributed by atoms with E-state index in [1.165, 1.54) is 23.5 Å². The molecule has 29 heavy (non-hydrogen) atoms. The number of urea groups is 1. The molecule has 0 aliphatic carbocycles. The molecule has 0 spiro atoms. The second kappa shape index (κ2) is 9.89. The lowest BCUT2D eigenvalue weighted by Crippen LogP contribution is -2.30. The van der Waals surface area contributed by atoms with Gasteiger partial charge in [0.2, 0.25) is 0 Å². The van der Waals surface area contributed by atoms with E-state index in [-0.39, 0.29) is 6.03 Å². The first-order valence-corrected chi connectivity index (χ1v) is 11.9. The van der Waals surface area contributed by atoms with Gasteiger partial charge in [0.15, 0.2) is 0 Å². The summed E-state index contributed by atoms with van der Waals surface area (Å²) in [5.74, 6) is 2.41. The Morgan fingerprint density at radius 2 is 1.90 bits per heavy atom. The van der Waals surface area contributed by atoms with Gasteiger partial charge in [0, 0.05) is 24.8 Å². The van der Waals surface area contributed by atoms with Crippen LogP contribution in [0.4, 0.5) is 10.5 Å². The van der Waals surface area contributed by atoms with Gasteiger partial charge in [0.25, 0.3) is 0 Å². The topological polar surface area (TPSA) is 59.0 Å². The lowest BCUT2D eigenvalue weighted by molar-refractivity contribution is 0.252. The first kappa shape index (κ1) is 19.9. The molecule has 3 aromatic rings. The second-order valence-electron chi connectivity index (χ2n) is 6.77. The van der Waals surface area contributed by atoms with Crippen LogP contribution in [-0.4, -0.2) is 33.9 Å². The van der Waals surface area contributed by atoms with Crippen molar-refractivity contribution in [3.8, 4) is 5.69 Å². The maximum atomic E-state index is 12.3. The molecule has 2 heterocycles. The summed E-state index contributed by atoms with van der Waals surface area (Å²) in [7, 11) is 0. The van der Waals surface area contributed by atoms with E-state index >= 15 is 0 Å². The lowest BCUT2D eigenvalue weighted by Gasteiger charge is -2.21. The highest BCUT2D eigenvalue weighted by molar-refractivity contribution is 8.16. The smallest absolute Gasteiger partial charge is 0.319 e. The third-order valence-corrected chi connectivity index (χ3v) is 7.59. The SMILES string of the molecule is O=C(NCCc1ccn(-c2ccccc2)n1)Nc1cccc(C2SCCCS2)c1. The van der Waals surface area contributed by atoms with Gasteiger partial charge in [-0.3, -0.25) is 0 Å². The van der Waals surface area contributed by atoms with Gasteiger partial charge in [-0.25, -0.2) is 9.48 Å². The molecular weight excluding hydrogens is 400 g/mol. The number of thioether (sulfide) groups is 2. The molecule has 7 heteroatoms. The number of para-hydroxylation sites is 1. The molecule has 0 bridgehead atoms. The molecule has 0 saturated carbocycles. The van der Waals surface area contributed by atoms with Crippen LogP contribution in [0.25, 0.3) is 5.69 Å². The van der Waals surface area contributed by atoms with Gasteiger partial charge in [-0.2, -0.15) is 5.10 Å². The maximum Gasteiger partial charge on any atom is 0.319 e. The Bertz CT molecular complexity index is 939. The van der Waals surface area contributed by atoms with Gasteiger partial charge < -0.3 is 10.6 Å². The molecule has 1 aliphatic rings. The number of aromatic nitrogens is 2. The van der Waals surface area contributed by atoms with Gasteiger partial charge >= 0.3 is 6.03 Å². The van der Waals surface area contributed by atoms with E-state index in [1.807, 2.05) is 82.9 Å². The molecule has 2 amide bonds. The maximum absolute atomic E-state index is 12.3. The fraction of sp³-hybridized carbons (Fsp3) is 0.273. The van der Waals surface area contributed by atoms with Crippen molar-refractivity contribution in [2.24, 2.45) is 0 Å². The van der Waals surface area contributed by atoms with Crippen LogP contribution in [0, 0.1) is 0 Å². The first-order chi connectivity index (χ1) is 14.3. The number of carbonyl (C=O) groups excluding carboxylic acids is 1. The molecule has 0 radical (unpaired) electrons. The normalized spacial score (nSPS) is 14.5. The zero-order valence-electron chi connectivity index (χ0n) is 16.1. The third kappa shape index (κ3) is 5.58. The molecule has 0 unspecified atom stereocenters. The Labute approximate surface area is 179 Å². The summed E-state index contributed by atoms with van der Waals surface area (Å²) in [6, 6.07) is 20.0. The van der Waals surface area contributed by atoms with Crippen LogP contribution in [-0.2, 0) is 6.42 Å². The number of hydrogen-bond acceptors (Lipinski definition) is 4. The van der Waals surface area contributed by atoms with Crippen LogP contribution in [0.15, 0.2) is 66.9 Å². The number of benzene rings is 2. The highest BCUT2D eigenvalue weighted by Gasteiger charge is 2.17. The van der Waals surface area contributed by atoms with Crippen LogP contribution < -0.4 is 10.6 Å². The fourth-order valence-corrected chi connectivity index (χ4v) is 6.02. The van der Waals surface area contributed by atoms with Gasteiger partial charge in [0.1, 0.15) is 0 Å². The Kier molecular flexibility index (Phi) is 6.79. The molecule has 2 aromatic carbocycles. The number of nitrogens with one attached hydrogen (secondary N) is 2. The van der Waals surface area contributed by atoms with Crippen LogP contribution in [0.5, 0.6) is 0 Å². The summed E-state index contributed by atoms with van der Waals surface area (Å²) in [6.07, 6.45) is 3.90. The summed E-state index contributed by atoms with van der Waals surface area (Å²) in [6.45, 7) is 0.533. The van der Waals surface area contributed by atoms with E-state index in [9.17, 15) is 4.79 Å². The summed E-state index contributed by atoms with van der Waals surface area (Å²) < 4.78 is 2.32. The van der Waals surface area contributed by atoms with Crippen molar-refractivity contribution in [2.45, 2.75) is 17.4 Å². The lowest BCUT2D eigenvalue weighted by atomic mass is 10.2. The summed E-state index contributed by atoms with van der Waals surface area (Å²) in [5, 5.41) is 10.4. The molecule has 0 atom stereocenters. The predicted molar refractivity (Wildman–Crippen MR) is 123 cm³/mol. The third-order valence-electron chi connectivity index (χ3n) is 4.58. The summed E-state index contributed by atoms with van der Waals surface area (Å²) in [4.78, 5) is 12.3. The van der Waals surface area contributed by atoms with Gasteiger partial charge in [-0.15, -0.1) is 23.5 Å². The van der Waals surface area contributed by atoms with Gasteiger partial charge in [-0.1, -0.05) is 30.3 Å². The van der Waals surface area contributed by atoms with Crippen molar-refractivity contribution >= 4 is 35.2 Å². The van der Waals surface area contributed by atoms with Crippen LogP contribution in [0.3, 0.4) is 0 Å². The molecule has 4 rings (SSSR count). The van der Waals surface area contributed by atoms with Crippen LogP contribution in [0.2, 0.25) is 0 Å². The average Bonchev–Trinajstić information content (AvgIpc) is 3.24. The quantitative estimate of drug-likeness (QED) is 0.578. The number of carbonyl (C=O) groups is 1. The number of amides is 2. The van der Waals surface area contributed by atoms with Gasteiger partial charge in [-0.05, 0) is 53.8 Å². The Balaban J connectivity index is 1.26. The molecule has 1 saturated heterocycles. The van der Waals surface area contributed by atoms with Crippen molar-refractivity contribution in [1.82, 2.24) is 15.1 Å². The van der Waals surface area contributed by atoms with Crippen molar-refractivity contribution in [1.29, 1.82) is 0 Å². The fourth-order valence-electron chi connectivity index (χ4n) is 3.14. The Morgan fingerprint density at radius 3 is 2.72 bits per heavy atom. The van der Waals surface area contributed by atoms with Gasteiger partial charge in [0.05, 0.1) is 16.0 Å². The summed E-state index contributed by atoms with van der Waals surface area (Å²) in [5.41, 5.74) is 4.07. The minimum Gasteiger partial charge on any atom is -0.337 e. The number of anilines is 1. The number of hydrogen-bond donors (Lipinski definition) is 2. The monoisotopic (exact) mass is 424 g/mol. The molecule has 5 nitrogen and oxygen atoms in total. The number of rotatable bonds is 6. The highest BCUT2D eigenvalue weighted by Crippen LogP contribution is 2.43. The molecule has 1 aliphatic heterocycles. The first-order valence-electron chi connectivity index (χ1n) is 9.76. The van der Waals surface area contributed by atoms with Crippen LogP contribution in [0.1, 0.15) is 22.3 Å². The van der Waals surface area contributed by atoms with E-state index in [0.717, 1.165) is 17.1 Å². The second-order valence-corrected chi connectivity index (χ2v) is 9.49. The van der Waals surface area contributed by atoms with Crippen molar-refractivity contribution in [3.05, 3.63) is 78.1 Å². The molecule has 2 N–H and O–H groups in total. The van der Waals surface area contributed by atoms with E-state index in [2.05, 4.69) is 27.9 Å². The average molecular weight is 425 g/mol. The highest BCUT2D eigenvalue weighted by atomic mass is 32.2. The predicted octanol–water partition coefficient (Wildman–Crippen LogP) is 5.11. The molecular formula is C22H24N4OS2. The van der Waals surface area contributed by atoms with Crippen LogP contribution >= 0.6 is 23.5 Å². The standard InChI is InChI=1S/C22H24N4OS2/c27-22(24-19-7-4-6-17(16-19)21-28-14-5-15-29-21)23-12-10-18-11-13-26(25-18)20-8-2-1-3-9-20/h1-4,6-9,11,13,16,21H,5,10,12,14-15H2,(H2,23,24,27). The van der Waals surface area contributed by atoms with E-state index in [4.69, 9.17) is 0 Å². The molecule has 150 valence electrons. The van der Waals surface area contributed by atoms with E-state index in [0.29, 0.717) is 17.5 Å². The summed E-state index contributed by atoms with van der Waals surface area (Å²) >= 11 is 3.96. The van der Waals surface area contributed by atoms with Crippen molar-refractivity contribution in [3.63, 3.8) is 0 Å². The number of nitrogens with zero attached hydrogens (tertiary/aromatic N) is 2. The van der Waals surface area contributed by atoms with Crippen molar-refractivity contribution in [2.75, 3.05) is 23.4 Å². The minimum atomic E-state index is -0.186. The Hall–Kier alpha value is -2.38. The van der Waals surface area contributed by atoms with E-state index in [1.54, 1.807) is 0 Å². The molecule has 1 fully saturated rings. The Morgan fingerprint density at radius 1 is 1.07 bits per heavy atom. The minimum absolute atomic E-state index is 0.186. The molecule has 1 aromatic heterocycles. The van der Waals surface area contributed by atoms with E-state index < -0.39 is 0 Å². The largest absolute Gasteiger partial charge is 0.337 e. The zero-order valence-corrected chi connectivity index (χ0v) is 17.7.